The van der Waals surface area contributed by atoms with Crippen LogP contribution in [0.4, 0.5) is 0 Å². The largest absolute Gasteiger partial charge is 0.393 e. The van der Waals surface area contributed by atoms with Crippen molar-refractivity contribution in [3.63, 3.8) is 0 Å². The fraction of sp³-hybridized carbons (Fsp3) is 0.333. The summed E-state index contributed by atoms with van der Waals surface area (Å²) in [6.07, 6.45) is 5.42. The van der Waals surface area contributed by atoms with Gasteiger partial charge in [-0.2, -0.15) is 0 Å². The second kappa shape index (κ2) is 7.76. The lowest BCUT2D eigenvalue weighted by Crippen LogP contribution is -2.63. The summed E-state index contributed by atoms with van der Waals surface area (Å²) < 4.78 is 0. The van der Waals surface area contributed by atoms with Crippen LogP contribution < -0.4 is 5.19 Å². The monoisotopic (exact) mass is 324 g/mol. The van der Waals surface area contributed by atoms with Gasteiger partial charge < -0.3 is 5.11 Å². The average Bonchev–Trinajstić information content (AvgIpc) is 2.56. The first-order valence-corrected chi connectivity index (χ1v) is 11.4. The summed E-state index contributed by atoms with van der Waals surface area (Å²) in [5.41, 5.74) is 1.21. The van der Waals surface area contributed by atoms with Gasteiger partial charge in [-0.05, 0) is 31.2 Å². The third-order valence-corrected chi connectivity index (χ3v) is 9.53. The quantitative estimate of drug-likeness (QED) is 0.431. The van der Waals surface area contributed by atoms with Gasteiger partial charge in [0, 0.05) is 0 Å². The minimum absolute atomic E-state index is 0.654. The molecule has 0 aromatic heterocycles. The molecule has 1 unspecified atom stereocenters. The summed E-state index contributed by atoms with van der Waals surface area (Å²) in [4.78, 5) is 0. The van der Waals surface area contributed by atoms with Crippen LogP contribution in [0.15, 0.2) is 73.3 Å². The second-order valence-corrected chi connectivity index (χ2v) is 11.6. The molecule has 0 saturated heterocycles. The Morgan fingerprint density at radius 1 is 1.00 bits per heavy atom. The third kappa shape index (κ3) is 4.21. The molecule has 0 heterocycles. The molecule has 1 nitrogen and oxygen atoms in total. The van der Waals surface area contributed by atoms with E-state index in [1.807, 2.05) is 18.2 Å². The highest BCUT2D eigenvalue weighted by atomic mass is 28.3. The third-order valence-electron chi connectivity index (χ3n) is 5.00. The lowest BCUT2D eigenvalue weighted by Gasteiger charge is -2.42. The van der Waals surface area contributed by atoms with Crippen molar-refractivity contribution in [3.05, 3.63) is 78.9 Å². The Morgan fingerprint density at radius 2 is 1.57 bits per heavy atom. The molecule has 0 spiro atoms. The summed E-state index contributed by atoms with van der Waals surface area (Å²) in [6, 6.07) is 20.9. The van der Waals surface area contributed by atoms with Crippen LogP contribution in [0.5, 0.6) is 0 Å². The fourth-order valence-corrected chi connectivity index (χ4v) is 6.23. The molecule has 2 aromatic rings. The van der Waals surface area contributed by atoms with Gasteiger partial charge in [-0.1, -0.05) is 85.0 Å². The van der Waals surface area contributed by atoms with Crippen LogP contribution in [0.3, 0.4) is 0 Å². The van der Waals surface area contributed by atoms with Crippen molar-refractivity contribution in [2.45, 2.75) is 44.0 Å². The molecule has 0 fully saturated rings. The fourth-order valence-electron chi connectivity index (χ4n) is 3.22. The number of aliphatic hydroxyl groups is 1. The van der Waals surface area contributed by atoms with E-state index in [0.717, 1.165) is 25.7 Å². The molecule has 2 aromatic carbocycles. The Balaban J connectivity index is 2.33. The summed E-state index contributed by atoms with van der Waals surface area (Å²) in [6.45, 7) is 8.40. The summed E-state index contributed by atoms with van der Waals surface area (Å²) in [7, 11) is -2.04. The van der Waals surface area contributed by atoms with Gasteiger partial charge in [0.25, 0.3) is 0 Å². The van der Waals surface area contributed by atoms with E-state index in [-0.39, 0.29) is 0 Å². The normalized spacial score (nSPS) is 14.2. The lowest BCUT2D eigenvalue weighted by atomic mass is 10.0. The van der Waals surface area contributed by atoms with Crippen molar-refractivity contribution < 1.29 is 5.11 Å². The first-order valence-electron chi connectivity index (χ1n) is 8.42. The number of rotatable bonds is 8. The molecule has 2 heteroatoms. The highest BCUT2D eigenvalue weighted by Gasteiger charge is 2.45. The van der Waals surface area contributed by atoms with Crippen molar-refractivity contribution in [2.75, 3.05) is 0 Å². The van der Waals surface area contributed by atoms with Crippen LogP contribution in [0.2, 0.25) is 13.1 Å². The maximum Gasteiger partial charge on any atom is 0.117 e. The molecule has 1 N–H and O–H groups in total. The number of unbranched alkanes of at least 4 members (excludes halogenated alkanes) is 1. The van der Waals surface area contributed by atoms with Crippen molar-refractivity contribution in [3.8, 4) is 0 Å². The Morgan fingerprint density at radius 3 is 2.13 bits per heavy atom. The molecule has 23 heavy (non-hydrogen) atoms. The summed E-state index contributed by atoms with van der Waals surface area (Å²) in [5.74, 6) is 0. The SMILES string of the molecule is C=CCCCC(O)(Cc1ccccc1)[Si](C)(C)c1ccccc1. The van der Waals surface area contributed by atoms with E-state index in [4.69, 9.17) is 0 Å². The Kier molecular flexibility index (Phi) is 5.97. The molecule has 0 aliphatic carbocycles. The molecule has 0 radical (unpaired) electrons. The number of benzene rings is 2. The van der Waals surface area contributed by atoms with Crippen LogP contribution >= 0.6 is 0 Å². The molecule has 0 amide bonds. The van der Waals surface area contributed by atoms with Crippen LogP contribution in [0.25, 0.3) is 0 Å². The van der Waals surface area contributed by atoms with Gasteiger partial charge in [-0.3, -0.25) is 0 Å². The predicted octanol–water partition coefficient (Wildman–Crippen LogP) is 4.47. The Bertz CT molecular complexity index is 606. The van der Waals surface area contributed by atoms with Crippen molar-refractivity contribution >= 4 is 13.3 Å². The molecule has 0 aliphatic rings. The van der Waals surface area contributed by atoms with E-state index in [9.17, 15) is 5.11 Å². The van der Waals surface area contributed by atoms with Crippen LogP contribution in [-0.2, 0) is 6.42 Å². The van der Waals surface area contributed by atoms with Gasteiger partial charge >= 0.3 is 0 Å². The molecule has 122 valence electrons. The topological polar surface area (TPSA) is 20.2 Å². The second-order valence-electron chi connectivity index (χ2n) is 6.87. The number of allylic oxidation sites excluding steroid dienone is 1. The van der Waals surface area contributed by atoms with Gasteiger partial charge in [-0.15, -0.1) is 6.58 Å². The van der Waals surface area contributed by atoms with Crippen LogP contribution in [0, 0.1) is 0 Å². The van der Waals surface area contributed by atoms with Crippen LogP contribution in [-0.4, -0.2) is 18.4 Å². The Labute approximate surface area is 141 Å². The predicted molar refractivity (Wildman–Crippen MR) is 103 cm³/mol. The van der Waals surface area contributed by atoms with Crippen molar-refractivity contribution in [2.24, 2.45) is 0 Å². The minimum atomic E-state index is -2.04. The maximum absolute atomic E-state index is 11.7. The zero-order valence-electron chi connectivity index (χ0n) is 14.3. The van der Waals surface area contributed by atoms with Gasteiger partial charge in [-0.25, -0.2) is 0 Å². The number of hydrogen-bond acceptors (Lipinski definition) is 1. The highest BCUT2D eigenvalue weighted by molar-refractivity contribution is 6.92. The molecule has 0 bridgehead atoms. The lowest BCUT2D eigenvalue weighted by molar-refractivity contribution is 0.105. The van der Waals surface area contributed by atoms with Gasteiger partial charge in [0.15, 0.2) is 0 Å². The molecular formula is C21H28OSi. The Hall–Kier alpha value is -1.64. The molecular weight excluding hydrogens is 296 g/mol. The van der Waals surface area contributed by atoms with E-state index in [2.05, 4.69) is 68.2 Å². The molecule has 2 rings (SSSR count). The van der Waals surface area contributed by atoms with E-state index < -0.39 is 13.3 Å². The van der Waals surface area contributed by atoms with Gasteiger partial charge in [0.2, 0.25) is 0 Å². The van der Waals surface area contributed by atoms with Crippen molar-refractivity contribution in [1.29, 1.82) is 0 Å². The molecule has 0 aliphatic heterocycles. The van der Waals surface area contributed by atoms with E-state index in [1.165, 1.54) is 10.8 Å². The van der Waals surface area contributed by atoms with E-state index in [0.29, 0.717) is 0 Å². The minimum Gasteiger partial charge on any atom is -0.393 e. The van der Waals surface area contributed by atoms with Crippen molar-refractivity contribution in [1.82, 2.24) is 0 Å². The first-order chi connectivity index (χ1) is 11.0. The first kappa shape index (κ1) is 17.7. The van der Waals surface area contributed by atoms with Crippen LogP contribution in [0.1, 0.15) is 24.8 Å². The summed E-state index contributed by atoms with van der Waals surface area (Å²) >= 11 is 0. The highest BCUT2D eigenvalue weighted by Crippen LogP contribution is 2.30. The van der Waals surface area contributed by atoms with E-state index >= 15 is 0 Å². The van der Waals surface area contributed by atoms with Gasteiger partial charge in [0.05, 0.1) is 5.22 Å². The average molecular weight is 325 g/mol. The standard InChI is InChI=1S/C21H28OSi/c1-4-5-12-17-21(22,18-19-13-8-6-9-14-19)23(2,3)20-15-10-7-11-16-20/h4,6-11,13-16,22H,1,5,12,17-18H2,2-3H3. The zero-order chi connectivity index (χ0) is 16.8. The summed E-state index contributed by atoms with van der Waals surface area (Å²) in [5, 5.41) is 12.4. The zero-order valence-corrected chi connectivity index (χ0v) is 15.3. The maximum atomic E-state index is 11.7. The molecule has 0 saturated carbocycles. The smallest absolute Gasteiger partial charge is 0.117 e. The number of hydrogen-bond donors (Lipinski definition) is 1. The van der Waals surface area contributed by atoms with Gasteiger partial charge in [0.1, 0.15) is 8.07 Å². The molecule has 1 atom stereocenters. The van der Waals surface area contributed by atoms with E-state index in [1.54, 1.807) is 0 Å².